The first-order valence-electron chi connectivity index (χ1n) is 8.00. The summed E-state index contributed by atoms with van der Waals surface area (Å²) >= 11 is 0. The van der Waals surface area contributed by atoms with Crippen molar-refractivity contribution in [3.63, 3.8) is 0 Å². The Morgan fingerprint density at radius 1 is 1.38 bits per heavy atom. The van der Waals surface area contributed by atoms with Crippen molar-refractivity contribution in [3.05, 3.63) is 52.8 Å². The highest BCUT2D eigenvalue weighted by atomic mass is 19.4. The molecule has 138 valence electrons. The third-order valence-corrected chi connectivity index (χ3v) is 4.17. The highest BCUT2D eigenvalue weighted by Crippen LogP contribution is 2.32. The Balaban J connectivity index is 1.67. The minimum absolute atomic E-state index is 0.0308. The molecule has 2 amide bonds. The number of carbonyl (C=O) groups excluding carboxylic acids is 2. The average Bonchev–Trinajstić information content (AvgIpc) is 3.13. The third kappa shape index (κ3) is 3.87. The number of likely N-dealkylation sites (tertiary alicyclic amines) is 1. The second-order valence-electron chi connectivity index (χ2n) is 6.24. The lowest BCUT2D eigenvalue weighted by molar-refractivity contribution is -0.139. The van der Waals surface area contributed by atoms with Gasteiger partial charge < -0.3 is 10.2 Å². The van der Waals surface area contributed by atoms with Crippen LogP contribution in [0, 0.1) is 6.92 Å². The molecule has 1 fully saturated rings. The Kier molecular flexibility index (Phi) is 4.71. The third-order valence-electron chi connectivity index (χ3n) is 4.17. The molecule has 1 aliphatic heterocycles. The van der Waals surface area contributed by atoms with Crippen molar-refractivity contribution in [2.75, 3.05) is 6.54 Å². The van der Waals surface area contributed by atoms with E-state index in [-0.39, 0.29) is 36.7 Å². The summed E-state index contributed by atoms with van der Waals surface area (Å²) in [6.45, 7) is 1.76. The summed E-state index contributed by atoms with van der Waals surface area (Å²) in [5, 5.41) is 9.19. The van der Waals surface area contributed by atoms with E-state index in [1.807, 2.05) is 0 Å². The first-order chi connectivity index (χ1) is 12.2. The number of aromatic amines is 1. The first kappa shape index (κ1) is 18.0. The number of amides is 2. The van der Waals surface area contributed by atoms with Crippen LogP contribution < -0.4 is 5.32 Å². The van der Waals surface area contributed by atoms with Crippen molar-refractivity contribution >= 4 is 11.8 Å². The largest absolute Gasteiger partial charge is 0.416 e. The second-order valence-corrected chi connectivity index (χ2v) is 6.24. The zero-order valence-electron chi connectivity index (χ0n) is 13.9. The number of nitrogens with zero attached hydrogens (tertiary/aromatic N) is 2. The molecular weight excluding hydrogens is 349 g/mol. The first-order valence-corrected chi connectivity index (χ1v) is 8.00. The van der Waals surface area contributed by atoms with E-state index in [1.54, 1.807) is 13.0 Å². The Morgan fingerprint density at radius 3 is 2.77 bits per heavy atom. The molecule has 0 spiro atoms. The predicted molar refractivity (Wildman–Crippen MR) is 86.1 cm³/mol. The van der Waals surface area contributed by atoms with Gasteiger partial charge in [0.25, 0.3) is 5.91 Å². The van der Waals surface area contributed by atoms with E-state index in [0.29, 0.717) is 0 Å². The summed E-state index contributed by atoms with van der Waals surface area (Å²) < 4.78 is 39.3. The van der Waals surface area contributed by atoms with Gasteiger partial charge in [-0.1, -0.05) is 18.2 Å². The van der Waals surface area contributed by atoms with Crippen LogP contribution in [0.4, 0.5) is 13.2 Å². The second kappa shape index (κ2) is 6.81. The molecule has 0 radical (unpaired) electrons. The van der Waals surface area contributed by atoms with Crippen molar-refractivity contribution in [3.8, 4) is 0 Å². The minimum Gasteiger partial charge on any atom is -0.346 e. The molecular formula is C17H17F3N4O2. The molecule has 1 aliphatic rings. The van der Waals surface area contributed by atoms with E-state index in [4.69, 9.17) is 0 Å². The summed E-state index contributed by atoms with van der Waals surface area (Å²) in [4.78, 5) is 25.6. The van der Waals surface area contributed by atoms with E-state index in [1.165, 1.54) is 23.1 Å². The SMILES string of the molecule is Cc1cc(C(=O)NC2CC(=O)N(Cc3ccccc3C(F)(F)F)C2)n[nH]1. The number of carbonyl (C=O) groups is 2. The highest BCUT2D eigenvalue weighted by molar-refractivity contribution is 5.93. The molecule has 2 heterocycles. The van der Waals surface area contributed by atoms with Crippen molar-refractivity contribution in [1.82, 2.24) is 20.4 Å². The number of aromatic nitrogens is 2. The van der Waals surface area contributed by atoms with Gasteiger partial charge in [0, 0.05) is 25.2 Å². The zero-order chi connectivity index (χ0) is 18.9. The Labute approximate surface area is 147 Å². The van der Waals surface area contributed by atoms with E-state index < -0.39 is 23.7 Å². The quantitative estimate of drug-likeness (QED) is 0.871. The van der Waals surface area contributed by atoms with Crippen LogP contribution in [-0.2, 0) is 17.5 Å². The van der Waals surface area contributed by atoms with Crippen molar-refractivity contribution in [1.29, 1.82) is 0 Å². The maximum atomic E-state index is 13.1. The molecule has 0 bridgehead atoms. The van der Waals surface area contributed by atoms with Gasteiger partial charge in [-0.2, -0.15) is 18.3 Å². The van der Waals surface area contributed by atoms with Gasteiger partial charge in [-0.05, 0) is 24.6 Å². The van der Waals surface area contributed by atoms with Gasteiger partial charge in [-0.3, -0.25) is 14.7 Å². The summed E-state index contributed by atoms with van der Waals surface area (Å²) in [7, 11) is 0. The molecule has 0 saturated carbocycles. The fraction of sp³-hybridized carbons (Fsp3) is 0.353. The smallest absolute Gasteiger partial charge is 0.346 e. The number of hydrogen-bond donors (Lipinski definition) is 2. The van der Waals surface area contributed by atoms with E-state index in [0.717, 1.165) is 11.8 Å². The van der Waals surface area contributed by atoms with Crippen LogP contribution in [0.3, 0.4) is 0 Å². The van der Waals surface area contributed by atoms with Gasteiger partial charge in [0.2, 0.25) is 5.91 Å². The monoisotopic (exact) mass is 366 g/mol. The van der Waals surface area contributed by atoms with Crippen LogP contribution in [0.2, 0.25) is 0 Å². The van der Waals surface area contributed by atoms with Crippen molar-refractivity contribution in [2.45, 2.75) is 32.1 Å². The molecule has 1 aromatic carbocycles. The standard InChI is InChI=1S/C17H17F3N4O2/c1-10-6-14(23-22-10)16(26)21-12-7-15(25)24(9-12)8-11-4-2-3-5-13(11)17(18,19)20/h2-6,12H,7-9H2,1H3,(H,21,26)(H,22,23). The topological polar surface area (TPSA) is 78.1 Å². The lowest BCUT2D eigenvalue weighted by Crippen LogP contribution is -2.37. The van der Waals surface area contributed by atoms with E-state index in [2.05, 4.69) is 15.5 Å². The fourth-order valence-electron chi connectivity index (χ4n) is 2.96. The van der Waals surface area contributed by atoms with Crippen LogP contribution in [0.15, 0.2) is 30.3 Å². The van der Waals surface area contributed by atoms with Gasteiger partial charge in [-0.15, -0.1) is 0 Å². The molecule has 9 heteroatoms. The van der Waals surface area contributed by atoms with Crippen LogP contribution in [0.25, 0.3) is 0 Å². The van der Waals surface area contributed by atoms with Crippen molar-refractivity contribution < 1.29 is 22.8 Å². The molecule has 1 aromatic heterocycles. The highest BCUT2D eigenvalue weighted by Gasteiger charge is 2.36. The normalized spacial score (nSPS) is 17.6. The van der Waals surface area contributed by atoms with Gasteiger partial charge in [0.1, 0.15) is 5.69 Å². The molecule has 26 heavy (non-hydrogen) atoms. The number of H-pyrrole nitrogens is 1. The predicted octanol–water partition coefficient (Wildman–Crippen LogP) is 2.27. The number of rotatable bonds is 4. The van der Waals surface area contributed by atoms with Crippen LogP contribution in [0.1, 0.15) is 33.7 Å². The number of hydrogen-bond acceptors (Lipinski definition) is 3. The molecule has 1 atom stereocenters. The lowest BCUT2D eigenvalue weighted by atomic mass is 10.1. The maximum absolute atomic E-state index is 13.1. The molecule has 2 N–H and O–H groups in total. The number of halogens is 3. The molecule has 6 nitrogen and oxygen atoms in total. The van der Waals surface area contributed by atoms with Gasteiger partial charge in [0.05, 0.1) is 11.6 Å². The number of aryl methyl sites for hydroxylation is 1. The van der Waals surface area contributed by atoms with Gasteiger partial charge in [0.15, 0.2) is 0 Å². The average molecular weight is 366 g/mol. The minimum atomic E-state index is -4.48. The maximum Gasteiger partial charge on any atom is 0.416 e. The molecule has 3 rings (SSSR count). The van der Waals surface area contributed by atoms with E-state index >= 15 is 0 Å². The number of alkyl halides is 3. The summed E-state index contributed by atoms with van der Waals surface area (Å²) in [5.41, 5.74) is 0.203. The van der Waals surface area contributed by atoms with Crippen molar-refractivity contribution in [2.24, 2.45) is 0 Å². The summed E-state index contributed by atoms with van der Waals surface area (Å²) in [6.07, 6.45) is -4.44. The Hall–Kier alpha value is -2.84. The summed E-state index contributed by atoms with van der Waals surface area (Å²) in [5.74, 6) is -0.727. The van der Waals surface area contributed by atoms with Gasteiger partial charge >= 0.3 is 6.18 Å². The lowest BCUT2D eigenvalue weighted by Gasteiger charge is -2.20. The van der Waals surface area contributed by atoms with Gasteiger partial charge in [-0.25, -0.2) is 0 Å². The molecule has 0 aliphatic carbocycles. The number of nitrogens with one attached hydrogen (secondary N) is 2. The Bertz CT molecular complexity index is 831. The summed E-state index contributed by atoms with van der Waals surface area (Å²) in [6, 6.07) is 6.27. The number of benzene rings is 1. The molecule has 2 aromatic rings. The van der Waals surface area contributed by atoms with Crippen LogP contribution in [-0.4, -0.2) is 39.5 Å². The van der Waals surface area contributed by atoms with Crippen LogP contribution >= 0.6 is 0 Å². The zero-order valence-corrected chi connectivity index (χ0v) is 13.9. The molecule has 1 unspecified atom stereocenters. The fourth-order valence-corrected chi connectivity index (χ4v) is 2.96. The van der Waals surface area contributed by atoms with Crippen LogP contribution in [0.5, 0.6) is 0 Å². The Morgan fingerprint density at radius 2 is 2.12 bits per heavy atom. The molecule has 1 saturated heterocycles. The van der Waals surface area contributed by atoms with E-state index in [9.17, 15) is 22.8 Å².